The summed E-state index contributed by atoms with van der Waals surface area (Å²) in [6, 6.07) is 11.0. The number of halogens is 1. The van der Waals surface area contributed by atoms with Crippen molar-refractivity contribution in [3.05, 3.63) is 141 Å². The molecule has 3 aromatic carbocycles. The van der Waals surface area contributed by atoms with Gasteiger partial charge in [0.1, 0.15) is 35.1 Å². The lowest BCUT2D eigenvalue weighted by Crippen LogP contribution is -2.38. The number of benzene rings is 3. The molecule has 688 valence electrons. The van der Waals surface area contributed by atoms with E-state index in [1.165, 1.54) is 4.90 Å². The van der Waals surface area contributed by atoms with Crippen molar-refractivity contribution in [3.8, 4) is 0 Å². The molecule has 1 N–H and O–H groups in total. The number of ether oxygens (including phenoxy) is 12. The molecule has 0 radical (unpaired) electrons. The first kappa shape index (κ1) is 106. The van der Waals surface area contributed by atoms with Crippen molar-refractivity contribution in [2.75, 3.05) is 47.2 Å². The van der Waals surface area contributed by atoms with Crippen LogP contribution in [0.2, 0.25) is 0 Å². The van der Waals surface area contributed by atoms with E-state index in [0.717, 1.165) is 30.2 Å². The lowest BCUT2D eigenvalue weighted by atomic mass is 9.93. The maximum atomic E-state index is 13.5. The van der Waals surface area contributed by atoms with Gasteiger partial charge in [-0.1, -0.05) is 136 Å². The van der Waals surface area contributed by atoms with Crippen LogP contribution in [0.3, 0.4) is 0 Å². The molecule has 6 aliphatic rings. The number of nitrogens with zero attached hydrogens (tertiary/aromatic N) is 3. The molecule has 9 rings (SSSR count). The summed E-state index contributed by atoms with van der Waals surface area (Å²) in [6.45, 7) is 56.6. The van der Waals surface area contributed by atoms with Gasteiger partial charge >= 0.3 is 36.2 Å². The fourth-order valence-electron chi connectivity index (χ4n) is 14.9. The number of aliphatic hydroxyl groups excluding tert-OH is 1. The molecule has 0 spiro atoms. The van der Waals surface area contributed by atoms with Crippen LogP contribution in [0, 0.1) is 56.3 Å². The van der Waals surface area contributed by atoms with Gasteiger partial charge < -0.3 is 61.9 Å². The SMILES string of the molecule is C.CCCN(C(=O)OC(C)(C)C)c1cc(C)c2c(c1)/C=C/C[C@@H]1OC(C)(C)O[C@@H]1[C@H](C)/C=C\[C@@H](C)[C@H](C)OC2=O.CCCN(C(=O)OC(C)(C)C)c1cc(C)c2c(c1)/C=C/C[C@@H]1OC(C)(C)O[C@@H]1[C@H](C)/C=C\[C@@H](C)[C@H](C)OC2=O.CS(=O)(=O)Cl.Cc1cc(N(CCO)C(=O)OC(C)(C)C)cc2c1C(=O)O[C@@H](C)[C@H](C)/C=C\[C@@H](C)[C@H]1OC(C)(C)O[C@H]1C/C=C/2. The van der Waals surface area contributed by atoms with Gasteiger partial charge in [0.15, 0.2) is 17.4 Å². The van der Waals surface area contributed by atoms with Gasteiger partial charge in [-0.3, -0.25) is 14.7 Å². The van der Waals surface area contributed by atoms with E-state index in [0.29, 0.717) is 88.4 Å². The van der Waals surface area contributed by atoms with Crippen LogP contribution in [-0.2, 0) is 65.9 Å². The second-order valence-corrected chi connectivity index (χ2v) is 40.5. The Morgan fingerprint density at radius 3 is 0.878 bits per heavy atom. The standard InChI is InChI=1S/2C32H47NO6.C31H45NO7.CH3ClO2S.CH4/c2*1-11-17-33(30(35)39-31(6,7)8)25-18-22(4)27-24(19-25)13-12-14-26-28(38-32(9,10)37-26)21(3)16-15-20(2)23(5)36-29(27)34;1-19-13-14-20(2)27-25(37-31(8,9)38-27)12-10-11-23-18-24(17-21(3)26(23)28(34)36-22(19)4)32(15-16-33)29(35)39-30(5,6)7;1-5(2,3)4;/h2*12-13,15-16,18-21,23,26,28H,11,14,17H2,1-10H3;10-11,13-14,17-20,22,25,27,33H,12,15-16H2,1-9H3;1H3;1H4/b2*13-12+,16-15-;11-10+,14-13-;;/t2*20-,21-,23+,26+,28-;19-,20-,22+,25+,27-;;/m111../s1. The van der Waals surface area contributed by atoms with Gasteiger partial charge in [0.05, 0.1) is 72.7 Å². The molecule has 3 aromatic rings. The smallest absolute Gasteiger partial charge is 0.414 e. The fourth-order valence-corrected chi connectivity index (χ4v) is 14.9. The average molecular weight is 1760 g/mol. The molecule has 15 atom stereocenters. The molecule has 0 saturated carbocycles. The van der Waals surface area contributed by atoms with E-state index in [-0.39, 0.29) is 123 Å². The number of aliphatic hydroxyl groups is 1. The number of aryl methyl sites for hydroxylation is 3. The van der Waals surface area contributed by atoms with Crippen LogP contribution in [0.4, 0.5) is 31.4 Å². The highest BCUT2D eigenvalue weighted by molar-refractivity contribution is 8.13. The minimum Gasteiger partial charge on any atom is -0.458 e. The van der Waals surface area contributed by atoms with Crippen molar-refractivity contribution in [1.82, 2.24) is 0 Å². The van der Waals surface area contributed by atoms with Crippen molar-refractivity contribution < 1.29 is 99.1 Å². The normalized spacial score (nSPS) is 27.9. The molecule has 3 fully saturated rings. The first-order valence-corrected chi connectivity index (χ1v) is 45.8. The lowest BCUT2D eigenvalue weighted by Gasteiger charge is -2.28. The lowest BCUT2D eigenvalue weighted by molar-refractivity contribution is -0.148. The predicted octanol–water partition coefficient (Wildman–Crippen LogP) is 21.8. The molecule has 3 amide bonds. The Morgan fingerprint density at radius 1 is 0.431 bits per heavy atom. The van der Waals surface area contributed by atoms with Crippen LogP contribution in [0.25, 0.3) is 18.2 Å². The van der Waals surface area contributed by atoms with Crippen molar-refractivity contribution in [2.24, 2.45) is 35.5 Å². The molecule has 0 aliphatic carbocycles. The van der Waals surface area contributed by atoms with Crippen LogP contribution in [0.15, 0.2) is 91.1 Å². The third-order valence-corrected chi connectivity index (χ3v) is 21.1. The first-order chi connectivity index (χ1) is 56.3. The number of hydrogen-bond donors (Lipinski definition) is 1. The summed E-state index contributed by atoms with van der Waals surface area (Å²) in [5.41, 5.74) is 5.44. The second-order valence-electron chi connectivity index (χ2n) is 37.5. The monoisotopic (exact) mass is 1760 g/mol. The summed E-state index contributed by atoms with van der Waals surface area (Å²) >= 11 is 0. The van der Waals surface area contributed by atoms with Crippen molar-refractivity contribution in [3.63, 3.8) is 0 Å². The average Bonchev–Trinajstić information content (AvgIpc) is 1.16. The van der Waals surface area contributed by atoms with Crippen molar-refractivity contribution in [2.45, 2.75) is 329 Å². The third kappa shape index (κ3) is 32.3. The Labute approximate surface area is 739 Å². The Balaban J connectivity index is 0.000000317. The van der Waals surface area contributed by atoms with Gasteiger partial charge in [0.2, 0.25) is 9.05 Å². The molecule has 24 nitrogen and oxygen atoms in total. The molecular formula is C97H146ClN3O21S. The highest BCUT2D eigenvalue weighted by Crippen LogP contribution is 2.41. The molecule has 123 heavy (non-hydrogen) atoms. The van der Waals surface area contributed by atoms with Crippen LogP contribution < -0.4 is 14.7 Å². The van der Waals surface area contributed by atoms with Crippen molar-refractivity contribution >= 4 is 91.2 Å². The number of anilines is 3. The van der Waals surface area contributed by atoms with Gasteiger partial charge in [-0.2, -0.15) is 0 Å². The number of esters is 3. The van der Waals surface area contributed by atoms with Crippen molar-refractivity contribution in [1.29, 1.82) is 0 Å². The minimum absolute atomic E-state index is 0. The predicted molar refractivity (Wildman–Crippen MR) is 489 cm³/mol. The zero-order valence-electron chi connectivity index (χ0n) is 78.2. The molecule has 0 aromatic heterocycles. The van der Waals surface area contributed by atoms with Crippen LogP contribution in [-0.4, -0.2) is 171 Å². The third-order valence-electron chi connectivity index (χ3n) is 21.1. The van der Waals surface area contributed by atoms with Crippen LogP contribution >= 0.6 is 10.7 Å². The Kier molecular flexibility index (Phi) is 38.4. The van der Waals surface area contributed by atoms with E-state index in [9.17, 15) is 42.3 Å². The molecule has 26 heteroatoms. The molecule has 6 aliphatic heterocycles. The van der Waals surface area contributed by atoms with E-state index in [1.807, 2.05) is 220 Å². The van der Waals surface area contributed by atoms with E-state index in [1.54, 1.807) is 42.7 Å². The Hall–Kier alpha value is -7.72. The quantitative estimate of drug-likeness (QED) is 0.0902. The van der Waals surface area contributed by atoms with E-state index >= 15 is 0 Å². The summed E-state index contributed by atoms with van der Waals surface area (Å²) in [5, 5.41) is 9.69. The molecule has 0 bridgehead atoms. The number of cyclic esters (lactones) is 3. The zero-order valence-corrected chi connectivity index (χ0v) is 79.7. The molecule has 0 unspecified atom stereocenters. The molecule has 3 saturated heterocycles. The van der Waals surface area contributed by atoms with Gasteiger partial charge in [0.25, 0.3) is 0 Å². The highest BCUT2D eigenvalue weighted by atomic mass is 35.7. The summed E-state index contributed by atoms with van der Waals surface area (Å²) < 4.78 is 91.2. The number of carbonyl (C=O) groups is 6. The summed E-state index contributed by atoms with van der Waals surface area (Å²) in [6.07, 6.45) is 25.4. The zero-order chi connectivity index (χ0) is 91.9. The van der Waals surface area contributed by atoms with E-state index in [2.05, 4.69) is 67.9 Å². The van der Waals surface area contributed by atoms with Gasteiger partial charge in [-0.05, 0) is 247 Å². The van der Waals surface area contributed by atoms with Crippen LogP contribution in [0.1, 0.15) is 284 Å². The second kappa shape index (κ2) is 44.6. The molecular weight excluding hydrogens is 1610 g/mol. The van der Waals surface area contributed by atoms with Crippen LogP contribution in [0.5, 0.6) is 0 Å². The van der Waals surface area contributed by atoms with Gasteiger partial charge in [0, 0.05) is 76.3 Å². The maximum absolute atomic E-state index is 13.5. The largest absolute Gasteiger partial charge is 0.458 e. The summed E-state index contributed by atoms with van der Waals surface area (Å²) in [4.78, 5) is 84.3. The topological polar surface area (TPSA) is 277 Å². The summed E-state index contributed by atoms with van der Waals surface area (Å²) in [5.74, 6) is -2.88. The number of amides is 3. The van der Waals surface area contributed by atoms with Gasteiger partial charge in [-0.15, -0.1) is 0 Å². The number of fused-ring (bicyclic) bond motifs is 6. The first-order valence-electron chi connectivity index (χ1n) is 43.1. The number of rotatable bonds is 9. The van der Waals surface area contributed by atoms with E-state index in [4.69, 9.17) is 56.8 Å². The number of hydrogen-bond acceptors (Lipinski definition) is 21. The Morgan fingerprint density at radius 2 is 0.659 bits per heavy atom. The maximum Gasteiger partial charge on any atom is 0.414 e. The number of carbonyl (C=O) groups excluding carboxylic acids is 6. The Bertz CT molecular complexity index is 3980. The summed E-state index contributed by atoms with van der Waals surface area (Å²) in [7, 11) is 1.31. The minimum atomic E-state index is -3.19. The van der Waals surface area contributed by atoms with Gasteiger partial charge in [-0.25, -0.2) is 37.2 Å². The molecule has 6 heterocycles. The fraction of sp³-hybridized carbons (Fsp3) is 0.629. The highest BCUT2D eigenvalue weighted by Gasteiger charge is 2.46. The van der Waals surface area contributed by atoms with E-state index < -0.39 is 67.5 Å².